The number of nitrogens with zero attached hydrogens (tertiary/aromatic N) is 1. The molecule has 2 unspecified atom stereocenters. The monoisotopic (exact) mass is 257 g/mol. The Kier molecular flexibility index (Phi) is 3.96. The van der Waals surface area contributed by atoms with E-state index in [2.05, 4.69) is 10.3 Å². The molecule has 0 aromatic carbocycles. The number of anilines is 2. The number of aromatic nitrogens is 1. The maximum atomic E-state index is 13.4. The Morgan fingerprint density at radius 1 is 1.33 bits per heavy atom. The van der Waals surface area contributed by atoms with Gasteiger partial charge in [-0.1, -0.05) is 6.42 Å². The quantitative estimate of drug-likeness (QED) is 0.768. The number of aliphatic hydroxyl groups is 1. The van der Waals surface area contributed by atoms with Gasteiger partial charge in [0.2, 0.25) is 0 Å². The van der Waals surface area contributed by atoms with Gasteiger partial charge in [-0.15, -0.1) is 0 Å². The number of hydrogen-bond donors (Lipinski definition) is 3. The van der Waals surface area contributed by atoms with Gasteiger partial charge in [-0.3, -0.25) is 0 Å². The lowest BCUT2D eigenvalue weighted by Crippen LogP contribution is -2.21. The minimum Gasteiger partial charge on any atom is -0.396 e. The Morgan fingerprint density at radius 2 is 2.06 bits per heavy atom. The predicted molar refractivity (Wildman–Crippen MR) is 65.0 cm³/mol. The van der Waals surface area contributed by atoms with Crippen LogP contribution in [-0.4, -0.2) is 23.2 Å². The maximum absolute atomic E-state index is 13.4. The molecule has 0 aliphatic heterocycles. The van der Waals surface area contributed by atoms with Crippen molar-refractivity contribution in [2.45, 2.75) is 19.3 Å². The van der Waals surface area contributed by atoms with E-state index in [1.54, 1.807) is 0 Å². The molecule has 2 atom stereocenters. The third-order valence-corrected chi connectivity index (χ3v) is 3.54. The summed E-state index contributed by atoms with van der Waals surface area (Å²) in [6.45, 7) is 0.661. The van der Waals surface area contributed by atoms with E-state index >= 15 is 0 Å². The highest BCUT2D eigenvalue weighted by Crippen LogP contribution is 2.31. The lowest BCUT2D eigenvalue weighted by molar-refractivity contribution is 0.199. The first kappa shape index (κ1) is 13.0. The number of hydrogen-bond acceptors (Lipinski definition) is 4. The highest BCUT2D eigenvalue weighted by molar-refractivity contribution is 5.44. The van der Waals surface area contributed by atoms with E-state index in [0.717, 1.165) is 25.3 Å². The van der Waals surface area contributed by atoms with Crippen LogP contribution in [0.15, 0.2) is 6.07 Å². The molecule has 6 heteroatoms. The van der Waals surface area contributed by atoms with Gasteiger partial charge in [-0.2, -0.15) is 0 Å². The molecule has 0 bridgehead atoms. The number of pyridine rings is 1. The lowest BCUT2D eigenvalue weighted by Gasteiger charge is -2.18. The summed E-state index contributed by atoms with van der Waals surface area (Å²) in [6.07, 6.45) is 3.06. The molecule has 1 heterocycles. The van der Waals surface area contributed by atoms with E-state index in [1.165, 1.54) is 0 Å². The number of halogens is 2. The maximum Gasteiger partial charge on any atom is 0.168 e. The van der Waals surface area contributed by atoms with Crippen LogP contribution in [0.3, 0.4) is 0 Å². The fourth-order valence-corrected chi connectivity index (χ4v) is 2.46. The van der Waals surface area contributed by atoms with Crippen molar-refractivity contribution in [1.29, 1.82) is 0 Å². The van der Waals surface area contributed by atoms with Crippen LogP contribution in [0.4, 0.5) is 20.4 Å². The molecule has 1 aromatic rings. The Morgan fingerprint density at radius 3 is 2.78 bits per heavy atom. The van der Waals surface area contributed by atoms with Crippen LogP contribution in [0, 0.1) is 23.5 Å². The second kappa shape index (κ2) is 5.48. The minimum absolute atomic E-state index is 0.0301. The van der Waals surface area contributed by atoms with Crippen molar-refractivity contribution in [2.75, 3.05) is 24.2 Å². The van der Waals surface area contributed by atoms with Crippen LogP contribution in [0.1, 0.15) is 19.3 Å². The first-order valence-corrected chi connectivity index (χ1v) is 6.08. The van der Waals surface area contributed by atoms with E-state index in [1.807, 2.05) is 0 Å². The second-order valence-corrected chi connectivity index (χ2v) is 4.70. The first-order chi connectivity index (χ1) is 8.61. The Labute approximate surface area is 104 Å². The van der Waals surface area contributed by atoms with Crippen LogP contribution in [0.5, 0.6) is 0 Å². The highest BCUT2D eigenvalue weighted by Gasteiger charge is 2.26. The van der Waals surface area contributed by atoms with Crippen molar-refractivity contribution in [3.05, 3.63) is 17.7 Å². The Bertz CT molecular complexity index is 428. The molecule has 4 nitrogen and oxygen atoms in total. The molecule has 1 aliphatic carbocycles. The van der Waals surface area contributed by atoms with E-state index in [9.17, 15) is 13.9 Å². The molecule has 0 spiro atoms. The van der Waals surface area contributed by atoms with Gasteiger partial charge >= 0.3 is 0 Å². The molecule has 4 N–H and O–H groups in total. The Balaban J connectivity index is 2.00. The topological polar surface area (TPSA) is 71.2 Å². The van der Waals surface area contributed by atoms with Crippen molar-refractivity contribution in [1.82, 2.24) is 4.98 Å². The number of nitrogen functional groups attached to an aromatic ring is 1. The average molecular weight is 257 g/mol. The highest BCUT2D eigenvalue weighted by atomic mass is 19.1. The van der Waals surface area contributed by atoms with Gasteiger partial charge in [0, 0.05) is 19.2 Å². The molecule has 0 saturated heterocycles. The summed E-state index contributed by atoms with van der Waals surface area (Å²) in [5.74, 6) is -1.41. The van der Waals surface area contributed by atoms with Gasteiger partial charge in [0.05, 0.1) is 0 Å². The van der Waals surface area contributed by atoms with E-state index in [-0.39, 0.29) is 24.2 Å². The molecular weight excluding hydrogens is 240 g/mol. The zero-order valence-corrected chi connectivity index (χ0v) is 10.00. The van der Waals surface area contributed by atoms with Gasteiger partial charge in [0.1, 0.15) is 0 Å². The van der Waals surface area contributed by atoms with Crippen molar-refractivity contribution >= 4 is 11.6 Å². The number of nitrogens with one attached hydrogen (secondary N) is 1. The molecule has 0 radical (unpaired) electrons. The standard InChI is InChI=1S/C12H17F2N3O/c13-9-4-10(14)12(17-11(9)15)16-5-7-2-1-3-8(7)6-18/h4,7-8,18H,1-3,5-6H2,(H3,15,16,17). The molecule has 18 heavy (non-hydrogen) atoms. The summed E-state index contributed by atoms with van der Waals surface area (Å²) in [4.78, 5) is 3.64. The third kappa shape index (κ3) is 2.69. The third-order valence-electron chi connectivity index (χ3n) is 3.54. The Hall–Kier alpha value is -1.43. The summed E-state index contributed by atoms with van der Waals surface area (Å²) < 4.78 is 26.3. The fraction of sp³-hybridized carbons (Fsp3) is 0.583. The smallest absolute Gasteiger partial charge is 0.168 e. The first-order valence-electron chi connectivity index (χ1n) is 6.08. The van der Waals surface area contributed by atoms with Crippen LogP contribution in [0.2, 0.25) is 0 Å². The zero-order valence-electron chi connectivity index (χ0n) is 10.00. The second-order valence-electron chi connectivity index (χ2n) is 4.70. The van der Waals surface area contributed by atoms with E-state index < -0.39 is 11.6 Å². The number of rotatable bonds is 4. The molecule has 1 fully saturated rings. The largest absolute Gasteiger partial charge is 0.396 e. The SMILES string of the molecule is Nc1nc(NCC2CCCC2CO)c(F)cc1F. The van der Waals surface area contributed by atoms with Gasteiger partial charge in [-0.05, 0) is 24.7 Å². The van der Waals surface area contributed by atoms with Gasteiger partial charge < -0.3 is 16.2 Å². The van der Waals surface area contributed by atoms with E-state index in [0.29, 0.717) is 12.5 Å². The average Bonchev–Trinajstić information content (AvgIpc) is 2.79. The van der Waals surface area contributed by atoms with Crippen LogP contribution >= 0.6 is 0 Å². The molecule has 0 amide bonds. The van der Waals surface area contributed by atoms with Crippen LogP contribution in [0.25, 0.3) is 0 Å². The summed E-state index contributed by atoms with van der Waals surface area (Å²) in [6, 6.07) is 0.725. The van der Waals surface area contributed by atoms with Crippen molar-refractivity contribution < 1.29 is 13.9 Å². The van der Waals surface area contributed by atoms with Crippen LogP contribution in [-0.2, 0) is 0 Å². The van der Waals surface area contributed by atoms with Crippen LogP contribution < -0.4 is 11.1 Å². The van der Waals surface area contributed by atoms with Gasteiger partial charge in [0.15, 0.2) is 23.3 Å². The minimum atomic E-state index is -0.854. The molecule has 100 valence electrons. The summed E-state index contributed by atoms with van der Waals surface area (Å²) in [5.41, 5.74) is 5.29. The normalized spacial score (nSPS) is 23.3. The van der Waals surface area contributed by atoms with Crippen molar-refractivity contribution in [2.24, 2.45) is 11.8 Å². The molecule has 2 rings (SSSR count). The number of aliphatic hydroxyl groups excluding tert-OH is 1. The van der Waals surface area contributed by atoms with Crippen molar-refractivity contribution in [3.8, 4) is 0 Å². The molecule has 1 aliphatic rings. The van der Waals surface area contributed by atoms with Gasteiger partial charge in [0.25, 0.3) is 0 Å². The van der Waals surface area contributed by atoms with Gasteiger partial charge in [-0.25, -0.2) is 13.8 Å². The molecule has 1 aromatic heterocycles. The summed E-state index contributed by atoms with van der Waals surface area (Å²) in [5, 5.41) is 12.0. The zero-order chi connectivity index (χ0) is 13.1. The lowest BCUT2D eigenvalue weighted by atomic mass is 9.97. The molecular formula is C12H17F2N3O. The fourth-order valence-electron chi connectivity index (χ4n) is 2.46. The molecule has 1 saturated carbocycles. The predicted octanol–water partition coefficient (Wildman–Crippen LogP) is 1.76. The van der Waals surface area contributed by atoms with E-state index in [4.69, 9.17) is 5.73 Å². The van der Waals surface area contributed by atoms with Crippen molar-refractivity contribution in [3.63, 3.8) is 0 Å². The summed E-state index contributed by atoms with van der Waals surface area (Å²) in [7, 11) is 0. The summed E-state index contributed by atoms with van der Waals surface area (Å²) >= 11 is 0. The number of nitrogens with two attached hydrogens (primary N) is 1.